The minimum Gasteiger partial charge on any atom is -0.341 e. The molecule has 1 aromatic rings. The van der Waals surface area contributed by atoms with Gasteiger partial charge in [0.1, 0.15) is 0 Å². The molecule has 0 spiro atoms. The second-order valence-corrected chi connectivity index (χ2v) is 5.45. The van der Waals surface area contributed by atoms with Gasteiger partial charge in [-0.05, 0) is 25.5 Å². The largest absolute Gasteiger partial charge is 0.341 e. The van der Waals surface area contributed by atoms with Crippen molar-refractivity contribution in [1.82, 2.24) is 4.90 Å². The number of likely N-dealkylation sites (tertiary alicyclic amines) is 1. The van der Waals surface area contributed by atoms with Gasteiger partial charge in [-0.25, -0.2) is 0 Å². The number of hydrogen-bond acceptors (Lipinski definition) is 3. The Labute approximate surface area is 93.9 Å². The van der Waals surface area contributed by atoms with Crippen molar-refractivity contribution in [3.05, 3.63) is 21.9 Å². The van der Waals surface area contributed by atoms with E-state index < -0.39 is 0 Å². The number of hydrogen-bond donors (Lipinski definition) is 1. The Morgan fingerprint density at radius 3 is 3.00 bits per heavy atom. The molecular weight excluding hydrogens is 208 g/mol. The third kappa shape index (κ3) is 2.58. The highest BCUT2D eigenvalue weighted by atomic mass is 32.1. The van der Waals surface area contributed by atoms with Crippen LogP contribution in [0.25, 0.3) is 0 Å². The molecule has 0 bridgehead atoms. The first-order valence-electron chi connectivity index (χ1n) is 5.24. The minimum atomic E-state index is 0.180. The molecule has 4 heteroatoms. The van der Waals surface area contributed by atoms with Crippen LogP contribution in [0.2, 0.25) is 0 Å². The van der Waals surface area contributed by atoms with Gasteiger partial charge in [-0.2, -0.15) is 0 Å². The highest BCUT2D eigenvalue weighted by molar-refractivity contribution is 7.12. The monoisotopic (exact) mass is 224 g/mol. The Kier molecular flexibility index (Phi) is 3.07. The zero-order valence-corrected chi connectivity index (χ0v) is 9.72. The summed E-state index contributed by atoms with van der Waals surface area (Å²) >= 11 is 1.70. The van der Waals surface area contributed by atoms with Crippen molar-refractivity contribution < 1.29 is 4.79 Å². The van der Waals surface area contributed by atoms with Crippen LogP contribution in [-0.4, -0.2) is 29.9 Å². The van der Waals surface area contributed by atoms with Gasteiger partial charge in [0, 0.05) is 28.9 Å². The van der Waals surface area contributed by atoms with E-state index in [0.29, 0.717) is 6.42 Å². The summed E-state index contributed by atoms with van der Waals surface area (Å²) in [4.78, 5) is 16.1. The van der Waals surface area contributed by atoms with Crippen LogP contribution in [0.3, 0.4) is 0 Å². The number of carbonyl (C=O) groups excluding carboxylic acids is 1. The summed E-state index contributed by atoms with van der Waals surface area (Å²) in [6, 6.07) is 4.27. The number of aryl methyl sites for hydroxylation is 1. The van der Waals surface area contributed by atoms with E-state index in [9.17, 15) is 4.79 Å². The Hall–Kier alpha value is -0.870. The van der Waals surface area contributed by atoms with Crippen LogP contribution in [0.5, 0.6) is 0 Å². The average Bonchev–Trinajstić information content (AvgIpc) is 2.75. The lowest BCUT2D eigenvalue weighted by atomic mass is 10.3. The third-order valence-electron chi connectivity index (χ3n) is 2.70. The number of nitrogens with two attached hydrogens (primary N) is 1. The van der Waals surface area contributed by atoms with E-state index in [1.165, 1.54) is 4.88 Å². The van der Waals surface area contributed by atoms with Gasteiger partial charge in [0.05, 0.1) is 6.42 Å². The number of carbonyl (C=O) groups is 1. The first-order valence-corrected chi connectivity index (χ1v) is 6.05. The average molecular weight is 224 g/mol. The van der Waals surface area contributed by atoms with Gasteiger partial charge in [-0.3, -0.25) is 4.79 Å². The van der Waals surface area contributed by atoms with Gasteiger partial charge in [0.2, 0.25) is 5.91 Å². The topological polar surface area (TPSA) is 46.3 Å². The summed E-state index contributed by atoms with van der Waals surface area (Å²) in [5.41, 5.74) is 5.77. The molecule has 1 unspecified atom stereocenters. The van der Waals surface area contributed by atoms with E-state index in [1.807, 2.05) is 11.0 Å². The van der Waals surface area contributed by atoms with E-state index in [-0.39, 0.29) is 11.9 Å². The first-order chi connectivity index (χ1) is 7.15. The maximum Gasteiger partial charge on any atom is 0.227 e. The van der Waals surface area contributed by atoms with E-state index in [4.69, 9.17) is 5.73 Å². The molecule has 1 atom stereocenters. The maximum atomic E-state index is 11.8. The van der Waals surface area contributed by atoms with Crippen LogP contribution >= 0.6 is 11.3 Å². The van der Waals surface area contributed by atoms with Gasteiger partial charge in [-0.15, -0.1) is 11.3 Å². The second-order valence-electron chi connectivity index (χ2n) is 4.08. The molecule has 1 saturated heterocycles. The van der Waals surface area contributed by atoms with Crippen LogP contribution in [0.1, 0.15) is 16.2 Å². The minimum absolute atomic E-state index is 0.180. The molecule has 1 aliphatic rings. The van der Waals surface area contributed by atoms with Gasteiger partial charge in [0.15, 0.2) is 0 Å². The van der Waals surface area contributed by atoms with Crippen molar-refractivity contribution in [2.24, 2.45) is 5.73 Å². The van der Waals surface area contributed by atoms with Crippen LogP contribution in [0, 0.1) is 6.92 Å². The van der Waals surface area contributed by atoms with Crippen molar-refractivity contribution in [2.45, 2.75) is 25.8 Å². The number of thiophene rings is 1. The van der Waals surface area contributed by atoms with Crippen LogP contribution in [-0.2, 0) is 11.2 Å². The molecule has 0 radical (unpaired) electrons. The van der Waals surface area contributed by atoms with Crippen molar-refractivity contribution in [2.75, 3.05) is 13.1 Å². The Morgan fingerprint density at radius 2 is 2.47 bits per heavy atom. The number of amides is 1. The molecular formula is C11H16N2OS. The fourth-order valence-corrected chi connectivity index (χ4v) is 2.74. The number of nitrogens with zero attached hydrogens (tertiary/aromatic N) is 1. The molecule has 2 heterocycles. The molecule has 1 aromatic heterocycles. The van der Waals surface area contributed by atoms with Crippen molar-refractivity contribution in [1.29, 1.82) is 0 Å². The van der Waals surface area contributed by atoms with Crippen LogP contribution < -0.4 is 5.73 Å². The highest BCUT2D eigenvalue weighted by Crippen LogP contribution is 2.17. The molecule has 2 N–H and O–H groups in total. The van der Waals surface area contributed by atoms with Crippen molar-refractivity contribution >= 4 is 17.2 Å². The smallest absolute Gasteiger partial charge is 0.227 e. The quantitative estimate of drug-likeness (QED) is 0.819. The molecule has 15 heavy (non-hydrogen) atoms. The Morgan fingerprint density at radius 1 is 1.67 bits per heavy atom. The molecule has 0 saturated carbocycles. The number of rotatable bonds is 2. The summed E-state index contributed by atoms with van der Waals surface area (Å²) in [7, 11) is 0. The lowest BCUT2D eigenvalue weighted by Gasteiger charge is -2.14. The van der Waals surface area contributed by atoms with E-state index >= 15 is 0 Å². The zero-order valence-electron chi connectivity index (χ0n) is 8.90. The fourth-order valence-electron chi connectivity index (χ4n) is 1.85. The molecule has 0 aromatic carbocycles. The summed E-state index contributed by atoms with van der Waals surface area (Å²) in [5, 5.41) is 0. The summed E-state index contributed by atoms with van der Waals surface area (Å²) < 4.78 is 0. The predicted octanol–water partition coefficient (Wildman–Crippen LogP) is 1.16. The van der Waals surface area contributed by atoms with Gasteiger partial charge in [0.25, 0.3) is 0 Å². The molecule has 3 nitrogen and oxygen atoms in total. The second kappa shape index (κ2) is 4.33. The molecule has 1 aliphatic heterocycles. The lowest BCUT2D eigenvalue weighted by molar-refractivity contribution is -0.129. The molecule has 0 aliphatic carbocycles. The van der Waals surface area contributed by atoms with E-state index in [0.717, 1.165) is 24.4 Å². The van der Waals surface area contributed by atoms with Gasteiger partial charge >= 0.3 is 0 Å². The highest BCUT2D eigenvalue weighted by Gasteiger charge is 2.23. The SMILES string of the molecule is Cc1ccc(CC(=O)N2CCC(N)C2)s1. The predicted molar refractivity (Wildman–Crippen MR) is 61.9 cm³/mol. The maximum absolute atomic E-state index is 11.8. The zero-order chi connectivity index (χ0) is 10.8. The standard InChI is InChI=1S/C11H16N2OS/c1-8-2-3-10(15-8)6-11(14)13-5-4-9(12)7-13/h2-3,9H,4-7,12H2,1H3. The summed E-state index contributed by atoms with van der Waals surface area (Å²) in [6.07, 6.45) is 1.47. The molecule has 82 valence electrons. The fraction of sp³-hybridized carbons (Fsp3) is 0.545. The first kappa shape index (κ1) is 10.6. The Bertz CT molecular complexity index is 361. The lowest BCUT2D eigenvalue weighted by Crippen LogP contribution is -2.32. The summed E-state index contributed by atoms with van der Waals surface area (Å²) in [6.45, 7) is 3.61. The van der Waals surface area contributed by atoms with Crippen LogP contribution in [0.4, 0.5) is 0 Å². The van der Waals surface area contributed by atoms with Crippen LogP contribution in [0.15, 0.2) is 12.1 Å². The molecule has 1 fully saturated rings. The van der Waals surface area contributed by atoms with Crippen molar-refractivity contribution in [3.63, 3.8) is 0 Å². The Balaban J connectivity index is 1.92. The van der Waals surface area contributed by atoms with E-state index in [1.54, 1.807) is 11.3 Å². The third-order valence-corrected chi connectivity index (χ3v) is 3.70. The molecule has 2 rings (SSSR count). The van der Waals surface area contributed by atoms with E-state index in [2.05, 4.69) is 13.0 Å². The normalized spacial score (nSPS) is 20.9. The summed E-state index contributed by atoms with van der Waals surface area (Å²) in [5.74, 6) is 0.213. The van der Waals surface area contributed by atoms with Gasteiger partial charge < -0.3 is 10.6 Å². The van der Waals surface area contributed by atoms with Crippen molar-refractivity contribution in [3.8, 4) is 0 Å². The molecule has 1 amide bonds. The van der Waals surface area contributed by atoms with Gasteiger partial charge in [-0.1, -0.05) is 0 Å².